The van der Waals surface area contributed by atoms with Crippen LogP contribution in [0.15, 0.2) is 54.8 Å². The quantitative estimate of drug-likeness (QED) is 0.488. The maximum Gasteiger partial charge on any atom is 0.420 e. The molecule has 0 aliphatic carbocycles. The lowest BCUT2D eigenvalue weighted by Crippen LogP contribution is -2.42. The van der Waals surface area contributed by atoms with Gasteiger partial charge in [-0.15, -0.1) is 0 Å². The molecule has 30 heavy (non-hydrogen) atoms. The first-order valence-electron chi connectivity index (χ1n) is 9.88. The van der Waals surface area contributed by atoms with Crippen molar-refractivity contribution in [2.45, 2.75) is 25.8 Å². The molecule has 1 aromatic carbocycles. The Bertz CT molecular complexity index is 1220. The van der Waals surface area contributed by atoms with E-state index < -0.39 is 5.76 Å². The Balaban J connectivity index is 1.25. The number of fused-ring (bicyclic) bond motifs is 1. The number of hydrogen-bond acceptors (Lipinski definition) is 7. The topological polar surface area (TPSA) is 94.4 Å². The molecule has 154 valence electrons. The Kier molecular flexibility index (Phi) is 4.96. The van der Waals surface area contributed by atoms with Crippen molar-refractivity contribution in [2.75, 3.05) is 13.1 Å². The largest absolute Gasteiger partial charge is 0.420 e. The predicted molar refractivity (Wildman–Crippen MR) is 111 cm³/mol. The van der Waals surface area contributed by atoms with Gasteiger partial charge in [-0.2, -0.15) is 16.3 Å². The molecule has 1 saturated heterocycles. The third-order valence-electron chi connectivity index (χ3n) is 5.45. The number of nitrogens with zero attached hydrogens (tertiary/aromatic N) is 4. The maximum atomic E-state index is 12.9. The zero-order valence-corrected chi connectivity index (χ0v) is 17.0. The van der Waals surface area contributed by atoms with Gasteiger partial charge in [-0.1, -0.05) is 17.3 Å². The molecule has 1 amide bonds. The van der Waals surface area contributed by atoms with Gasteiger partial charge in [0.25, 0.3) is 0 Å². The lowest BCUT2D eigenvalue weighted by Gasteiger charge is -2.32. The maximum absolute atomic E-state index is 12.9. The summed E-state index contributed by atoms with van der Waals surface area (Å²) in [5.74, 6) is 0.841. The number of rotatable bonds is 5. The highest BCUT2D eigenvalue weighted by atomic mass is 32.1. The lowest BCUT2D eigenvalue weighted by atomic mass is 9.94. The van der Waals surface area contributed by atoms with Gasteiger partial charge in [0.05, 0.1) is 5.52 Å². The SMILES string of the molecule is O=C(Cn1c(=O)oc2ccccc21)N1CCC[C@@H](Cc2nc(-c3ccsc3)no2)C1. The van der Waals surface area contributed by atoms with Crippen LogP contribution in [0.3, 0.4) is 0 Å². The van der Waals surface area contributed by atoms with Crippen molar-refractivity contribution in [1.29, 1.82) is 0 Å². The van der Waals surface area contributed by atoms with Gasteiger partial charge in [0.1, 0.15) is 6.54 Å². The number of likely N-dealkylation sites (tertiary alicyclic amines) is 1. The van der Waals surface area contributed by atoms with Crippen molar-refractivity contribution in [1.82, 2.24) is 19.6 Å². The number of para-hydroxylation sites is 2. The number of oxazole rings is 1. The van der Waals surface area contributed by atoms with Crippen LogP contribution < -0.4 is 5.76 Å². The molecule has 1 aliphatic heterocycles. The molecule has 9 heteroatoms. The molecule has 1 aliphatic rings. The Labute approximate surface area is 175 Å². The number of piperidine rings is 1. The fourth-order valence-corrected chi connectivity index (χ4v) is 4.59. The van der Waals surface area contributed by atoms with E-state index in [1.165, 1.54) is 4.57 Å². The van der Waals surface area contributed by atoms with E-state index in [0.717, 1.165) is 18.4 Å². The third-order valence-corrected chi connectivity index (χ3v) is 6.13. The molecule has 5 rings (SSSR count). The number of thiophene rings is 1. The minimum Gasteiger partial charge on any atom is -0.408 e. The summed E-state index contributed by atoms with van der Waals surface area (Å²) in [7, 11) is 0. The van der Waals surface area contributed by atoms with Crippen molar-refractivity contribution in [3.63, 3.8) is 0 Å². The normalized spacial score (nSPS) is 16.9. The van der Waals surface area contributed by atoms with Crippen LogP contribution in [0.5, 0.6) is 0 Å². The first-order chi connectivity index (χ1) is 14.7. The van der Waals surface area contributed by atoms with Crippen LogP contribution >= 0.6 is 11.3 Å². The fourth-order valence-electron chi connectivity index (χ4n) is 3.95. The summed E-state index contributed by atoms with van der Waals surface area (Å²) in [4.78, 5) is 31.4. The molecular formula is C21H20N4O4S. The summed E-state index contributed by atoms with van der Waals surface area (Å²) in [5, 5.41) is 8.02. The van der Waals surface area contributed by atoms with E-state index in [2.05, 4.69) is 10.1 Å². The van der Waals surface area contributed by atoms with Gasteiger partial charge in [0.15, 0.2) is 5.58 Å². The molecule has 4 heterocycles. The van der Waals surface area contributed by atoms with Crippen molar-refractivity contribution >= 4 is 28.3 Å². The van der Waals surface area contributed by atoms with Crippen LogP contribution in [0.25, 0.3) is 22.5 Å². The second-order valence-electron chi connectivity index (χ2n) is 7.50. The fraction of sp³-hybridized carbons (Fsp3) is 0.333. The number of amides is 1. The summed E-state index contributed by atoms with van der Waals surface area (Å²) >= 11 is 1.59. The number of benzene rings is 1. The standard InChI is InChI=1S/C21H20N4O4S/c26-19(12-25-16-5-1-2-6-17(16)28-21(25)27)24-8-3-4-14(11-24)10-18-22-20(23-29-18)15-7-9-30-13-15/h1-2,5-7,9,13-14H,3-4,8,10-12H2/t14-/m0/s1. The molecule has 4 aromatic rings. The van der Waals surface area contributed by atoms with Crippen LogP contribution in [0.2, 0.25) is 0 Å². The third kappa shape index (κ3) is 3.68. The molecule has 0 bridgehead atoms. The monoisotopic (exact) mass is 424 g/mol. The Morgan fingerprint density at radius 2 is 2.17 bits per heavy atom. The van der Waals surface area contributed by atoms with Gasteiger partial charge in [-0.25, -0.2) is 4.79 Å². The van der Waals surface area contributed by atoms with Crippen molar-refractivity contribution in [3.05, 3.63) is 57.5 Å². The Morgan fingerprint density at radius 1 is 1.27 bits per heavy atom. The molecule has 0 unspecified atom stereocenters. The van der Waals surface area contributed by atoms with E-state index in [-0.39, 0.29) is 18.4 Å². The number of aromatic nitrogens is 3. The smallest absolute Gasteiger partial charge is 0.408 e. The molecule has 0 saturated carbocycles. The second-order valence-corrected chi connectivity index (χ2v) is 8.28. The zero-order chi connectivity index (χ0) is 20.5. The summed E-state index contributed by atoms with van der Waals surface area (Å²) in [5.41, 5.74) is 2.08. The first kappa shape index (κ1) is 18.8. The first-order valence-corrected chi connectivity index (χ1v) is 10.8. The average molecular weight is 424 g/mol. The van der Waals surface area contributed by atoms with Crippen LogP contribution in [0.1, 0.15) is 18.7 Å². The molecule has 0 radical (unpaired) electrons. The van der Waals surface area contributed by atoms with Gasteiger partial charge in [-0.3, -0.25) is 9.36 Å². The number of carbonyl (C=O) groups excluding carboxylic acids is 1. The molecule has 8 nitrogen and oxygen atoms in total. The van der Waals surface area contributed by atoms with Crippen LogP contribution in [0, 0.1) is 5.92 Å². The van der Waals surface area contributed by atoms with Crippen LogP contribution in [-0.4, -0.2) is 38.6 Å². The van der Waals surface area contributed by atoms with Gasteiger partial charge in [0, 0.05) is 30.5 Å². The Morgan fingerprint density at radius 3 is 3.03 bits per heavy atom. The van der Waals surface area contributed by atoms with E-state index in [0.29, 0.717) is 42.3 Å². The highest BCUT2D eigenvalue weighted by Gasteiger charge is 2.26. The predicted octanol–water partition coefficient (Wildman–Crippen LogP) is 3.19. The van der Waals surface area contributed by atoms with Gasteiger partial charge >= 0.3 is 5.76 Å². The molecule has 1 atom stereocenters. The molecular weight excluding hydrogens is 404 g/mol. The van der Waals surface area contributed by atoms with E-state index in [9.17, 15) is 9.59 Å². The van der Waals surface area contributed by atoms with Gasteiger partial charge < -0.3 is 13.8 Å². The summed E-state index contributed by atoms with van der Waals surface area (Å²) in [6.07, 6.45) is 2.53. The van der Waals surface area contributed by atoms with E-state index in [4.69, 9.17) is 8.94 Å². The number of hydrogen-bond donors (Lipinski definition) is 0. The highest BCUT2D eigenvalue weighted by molar-refractivity contribution is 7.08. The van der Waals surface area contributed by atoms with Gasteiger partial charge in [-0.05, 0) is 42.3 Å². The summed E-state index contributed by atoms with van der Waals surface area (Å²) < 4.78 is 12.0. The second kappa shape index (κ2) is 7.91. The molecule has 0 spiro atoms. The van der Waals surface area contributed by atoms with Gasteiger partial charge in [0.2, 0.25) is 17.6 Å². The van der Waals surface area contributed by atoms with Crippen LogP contribution in [-0.2, 0) is 17.8 Å². The molecule has 1 fully saturated rings. The summed E-state index contributed by atoms with van der Waals surface area (Å²) in [6.45, 7) is 1.27. The summed E-state index contributed by atoms with van der Waals surface area (Å²) in [6, 6.07) is 9.09. The molecule has 3 aromatic heterocycles. The zero-order valence-electron chi connectivity index (χ0n) is 16.2. The average Bonchev–Trinajstić information content (AvgIpc) is 3.49. The number of carbonyl (C=O) groups is 1. The molecule has 0 N–H and O–H groups in total. The Hall–Kier alpha value is -3.20. The minimum atomic E-state index is -0.509. The highest BCUT2D eigenvalue weighted by Crippen LogP contribution is 2.23. The van der Waals surface area contributed by atoms with E-state index in [1.54, 1.807) is 29.5 Å². The van der Waals surface area contributed by atoms with Crippen molar-refractivity contribution in [3.8, 4) is 11.4 Å². The van der Waals surface area contributed by atoms with E-state index in [1.807, 2.05) is 27.8 Å². The van der Waals surface area contributed by atoms with Crippen molar-refractivity contribution in [2.24, 2.45) is 5.92 Å². The lowest BCUT2D eigenvalue weighted by molar-refractivity contribution is -0.133. The van der Waals surface area contributed by atoms with Crippen LogP contribution in [0.4, 0.5) is 0 Å². The van der Waals surface area contributed by atoms with Crippen molar-refractivity contribution < 1.29 is 13.7 Å². The van der Waals surface area contributed by atoms with E-state index >= 15 is 0 Å². The minimum absolute atomic E-state index is 0.0224.